The highest BCUT2D eigenvalue weighted by Gasteiger charge is 2.20. The number of furan rings is 1. The molecule has 0 amide bonds. The minimum Gasteiger partial charge on any atom is -0.472 e. The van der Waals surface area contributed by atoms with Crippen molar-refractivity contribution >= 4 is 33.8 Å². The molecule has 21 heavy (non-hydrogen) atoms. The molecule has 0 unspecified atom stereocenters. The third-order valence-corrected chi connectivity index (χ3v) is 5.55. The number of rotatable bonds is 2. The number of aromatic amines is 1. The van der Waals surface area contributed by atoms with Gasteiger partial charge in [-0.2, -0.15) is 0 Å². The first kappa shape index (κ1) is 13.0. The van der Waals surface area contributed by atoms with Crippen molar-refractivity contribution in [2.75, 3.05) is 0 Å². The van der Waals surface area contributed by atoms with Crippen molar-refractivity contribution in [1.29, 1.82) is 0 Å². The molecule has 0 saturated carbocycles. The molecule has 1 aliphatic carbocycles. The van der Waals surface area contributed by atoms with E-state index in [1.165, 1.54) is 16.9 Å². The summed E-state index contributed by atoms with van der Waals surface area (Å²) in [5, 5.41) is 0.840. The standard InChI is InChI=1S/C15H14N2O2S2/c18-14-12-10-3-1-2-4-11(10)21-13(12)16-15(20)17(14)7-9-5-6-19-8-9/h5-6,8H,1-4,7H2,(H,16,20). The van der Waals surface area contributed by atoms with Gasteiger partial charge in [0.15, 0.2) is 4.77 Å². The zero-order valence-electron chi connectivity index (χ0n) is 11.3. The van der Waals surface area contributed by atoms with Crippen LogP contribution in [0.1, 0.15) is 28.8 Å². The normalized spacial score (nSPS) is 14.5. The van der Waals surface area contributed by atoms with Crippen LogP contribution in [0.25, 0.3) is 10.2 Å². The maximum absolute atomic E-state index is 12.9. The largest absolute Gasteiger partial charge is 0.472 e. The van der Waals surface area contributed by atoms with Gasteiger partial charge >= 0.3 is 0 Å². The van der Waals surface area contributed by atoms with Crippen LogP contribution < -0.4 is 5.56 Å². The van der Waals surface area contributed by atoms with E-state index in [1.807, 2.05) is 6.07 Å². The molecule has 0 aliphatic heterocycles. The number of fused-ring (bicyclic) bond motifs is 3. The van der Waals surface area contributed by atoms with Gasteiger partial charge in [-0.3, -0.25) is 9.36 Å². The molecule has 0 radical (unpaired) electrons. The molecule has 0 spiro atoms. The third kappa shape index (κ3) is 2.10. The Morgan fingerprint density at radius 2 is 2.24 bits per heavy atom. The molecule has 4 rings (SSSR count). The van der Waals surface area contributed by atoms with Crippen molar-refractivity contribution in [3.63, 3.8) is 0 Å². The zero-order chi connectivity index (χ0) is 14.4. The molecule has 0 bridgehead atoms. The van der Waals surface area contributed by atoms with E-state index in [-0.39, 0.29) is 5.56 Å². The van der Waals surface area contributed by atoms with Gasteiger partial charge < -0.3 is 9.40 Å². The van der Waals surface area contributed by atoms with Crippen LogP contribution in [-0.2, 0) is 19.4 Å². The molecule has 4 nitrogen and oxygen atoms in total. The van der Waals surface area contributed by atoms with Gasteiger partial charge in [0.25, 0.3) is 5.56 Å². The summed E-state index contributed by atoms with van der Waals surface area (Å²) in [7, 11) is 0. The Labute approximate surface area is 130 Å². The third-order valence-electron chi connectivity index (χ3n) is 4.02. The van der Waals surface area contributed by atoms with Crippen molar-refractivity contribution in [3.8, 4) is 0 Å². The molecule has 0 fully saturated rings. The van der Waals surface area contributed by atoms with Crippen LogP contribution in [0.4, 0.5) is 0 Å². The number of hydrogen-bond donors (Lipinski definition) is 1. The lowest BCUT2D eigenvalue weighted by Gasteiger charge is -2.10. The summed E-state index contributed by atoms with van der Waals surface area (Å²) < 4.78 is 7.18. The molecule has 0 atom stereocenters. The maximum atomic E-state index is 12.9. The van der Waals surface area contributed by atoms with E-state index in [2.05, 4.69) is 4.98 Å². The number of aromatic nitrogens is 2. The number of thiophene rings is 1. The van der Waals surface area contributed by atoms with Crippen LogP contribution in [0.3, 0.4) is 0 Å². The minimum absolute atomic E-state index is 0.0225. The summed E-state index contributed by atoms with van der Waals surface area (Å²) >= 11 is 7.05. The number of H-pyrrole nitrogens is 1. The average Bonchev–Trinajstić information content (AvgIpc) is 3.10. The van der Waals surface area contributed by atoms with Gasteiger partial charge in [-0.25, -0.2) is 0 Å². The molecule has 3 aromatic rings. The van der Waals surface area contributed by atoms with Crippen molar-refractivity contribution in [3.05, 3.63) is 49.7 Å². The summed E-state index contributed by atoms with van der Waals surface area (Å²) in [6.07, 6.45) is 7.71. The summed E-state index contributed by atoms with van der Waals surface area (Å²) in [4.78, 5) is 18.4. The Kier molecular flexibility index (Phi) is 3.08. The Hall–Kier alpha value is -1.66. The SMILES string of the molecule is O=c1c2c3c(sc2[nH]c(=S)n1Cc1ccoc1)CCCC3. The number of nitrogens with one attached hydrogen (secondary N) is 1. The van der Waals surface area contributed by atoms with Crippen LogP contribution in [0, 0.1) is 4.77 Å². The second-order valence-corrected chi connectivity index (χ2v) is 6.86. The molecule has 1 N–H and O–H groups in total. The maximum Gasteiger partial charge on any atom is 0.263 e. The summed E-state index contributed by atoms with van der Waals surface area (Å²) in [5.41, 5.74) is 2.20. The second-order valence-electron chi connectivity index (χ2n) is 5.37. The van der Waals surface area contributed by atoms with E-state index < -0.39 is 0 Å². The molecule has 1 aliphatic rings. The summed E-state index contributed by atoms with van der Waals surface area (Å²) in [6.45, 7) is 0.450. The van der Waals surface area contributed by atoms with Gasteiger partial charge in [-0.05, 0) is 49.5 Å². The fourth-order valence-corrected chi connectivity index (χ4v) is 4.58. The molecule has 6 heteroatoms. The predicted molar refractivity (Wildman–Crippen MR) is 85.7 cm³/mol. The number of hydrogen-bond acceptors (Lipinski definition) is 4. The highest BCUT2D eigenvalue weighted by molar-refractivity contribution is 7.71. The van der Waals surface area contributed by atoms with E-state index in [1.54, 1.807) is 28.4 Å². The Morgan fingerprint density at radius 3 is 3.05 bits per heavy atom. The van der Waals surface area contributed by atoms with Crippen LogP contribution in [-0.4, -0.2) is 9.55 Å². The lowest BCUT2D eigenvalue weighted by atomic mass is 9.97. The zero-order valence-corrected chi connectivity index (χ0v) is 13.0. The Bertz CT molecular complexity index is 916. The molecule has 108 valence electrons. The van der Waals surface area contributed by atoms with Gasteiger partial charge in [-0.15, -0.1) is 11.3 Å². The van der Waals surface area contributed by atoms with Crippen molar-refractivity contribution in [2.24, 2.45) is 0 Å². The molecule has 0 aromatic carbocycles. The van der Waals surface area contributed by atoms with Crippen molar-refractivity contribution < 1.29 is 4.42 Å². The fourth-order valence-electron chi connectivity index (χ4n) is 2.98. The van der Waals surface area contributed by atoms with Crippen LogP contribution in [0.5, 0.6) is 0 Å². The number of nitrogens with zero attached hydrogens (tertiary/aromatic N) is 1. The summed E-state index contributed by atoms with van der Waals surface area (Å²) in [6, 6.07) is 1.86. The summed E-state index contributed by atoms with van der Waals surface area (Å²) in [5.74, 6) is 0. The highest BCUT2D eigenvalue weighted by Crippen LogP contribution is 2.33. The van der Waals surface area contributed by atoms with Gasteiger partial charge in [0.1, 0.15) is 4.83 Å². The van der Waals surface area contributed by atoms with Crippen LogP contribution in [0.2, 0.25) is 0 Å². The number of aryl methyl sites for hydroxylation is 2. The molecule has 0 saturated heterocycles. The quantitative estimate of drug-likeness (QED) is 0.734. The van der Waals surface area contributed by atoms with Crippen molar-refractivity contribution in [2.45, 2.75) is 32.2 Å². The molecule has 3 aromatic heterocycles. The van der Waals surface area contributed by atoms with Crippen LogP contribution >= 0.6 is 23.6 Å². The Morgan fingerprint density at radius 1 is 1.38 bits per heavy atom. The van der Waals surface area contributed by atoms with Gasteiger partial charge in [-0.1, -0.05) is 0 Å². The lowest BCUT2D eigenvalue weighted by Crippen LogP contribution is -2.23. The Balaban J connectivity index is 1.95. The molecular formula is C15H14N2O2S2. The van der Waals surface area contributed by atoms with E-state index in [4.69, 9.17) is 16.6 Å². The van der Waals surface area contributed by atoms with Gasteiger partial charge in [0.05, 0.1) is 24.5 Å². The van der Waals surface area contributed by atoms with Gasteiger partial charge in [0, 0.05) is 10.4 Å². The van der Waals surface area contributed by atoms with Crippen molar-refractivity contribution in [1.82, 2.24) is 9.55 Å². The van der Waals surface area contributed by atoms with Crippen LogP contribution in [0.15, 0.2) is 27.8 Å². The lowest BCUT2D eigenvalue weighted by molar-refractivity contribution is 0.561. The van der Waals surface area contributed by atoms with E-state index in [0.717, 1.165) is 35.0 Å². The first-order valence-electron chi connectivity index (χ1n) is 7.02. The van der Waals surface area contributed by atoms with Gasteiger partial charge in [0.2, 0.25) is 0 Å². The van der Waals surface area contributed by atoms with E-state index >= 15 is 0 Å². The van der Waals surface area contributed by atoms with E-state index in [0.29, 0.717) is 11.3 Å². The smallest absolute Gasteiger partial charge is 0.263 e. The molecular weight excluding hydrogens is 304 g/mol. The van der Waals surface area contributed by atoms with E-state index in [9.17, 15) is 4.79 Å². The second kappa shape index (κ2) is 4.96. The molecule has 3 heterocycles. The first-order chi connectivity index (χ1) is 10.2. The monoisotopic (exact) mass is 318 g/mol. The predicted octanol–water partition coefficient (Wildman–Crippen LogP) is 3.64. The topological polar surface area (TPSA) is 50.9 Å². The fraction of sp³-hybridized carbons (Fsp3) is 0.333. The average molecular weight is 318 g/mol. The first-order valence-corrected chi connectivity index (χ1v) is 8.25. The minimum atomic E-state index is 0.0225. The highest BCUT2D eigenvalue weighted by atomic mass is 32.1.